The van der Waals surface area contributed by atoms with Gasteiger partial charge in [-0.25, -0.2) is 0 Å². The van der Waals surface area contributed by atoms with Crippen LogP contribution in [0.5, 0.6) is 0 Å². The van der Waals surface area contributed by atoms with Crippen LogP contribution in [0.2, 0.25) is 0 Å². The Labute approximate surface area is 105 Å². The van der Waals surface area contributed by atoms with Gasteiger partial charge >= 0.3 is 0 Å². The molecule has 0 heterocycles. The van der Waals surface area contributed by atoms with Gasteiger partial charge in [0.05, 0.1) is 12.2 Å². The predicted molar refractivity (Wildman–Crippen MR) is 72.4 cm³/mol. The van der Waals surface area contributed by atoms with Crippen LogP contribution in [0.25, 0.3) is 0 Å². The van der Waals surface area contributed by atoms with Gasteiger partial charge in [0, 0.05) is 6.08 Å². The minimum atomic E-state index is -0.534. The summed E-state index contributed by atoms with van der Waals surface area (Å²) in [6.45, 7) is 8.05. The van der Waals surface area contributed by atoms with Gasteiger partial charge in [-0.2, -0.15) is 5.26 Å². The fraction of sp³-hybridized carbons (Fsp3) is 0.533. The first-order valence-corrected chi connectivity index (χ1v) is 6.00. The Bertz CT molecular complexity index is 352. The Kier molecular flexibility index (Phi) is 8.09. The van der Waals surface area contributed by atoms with Crippen molar-refractivity contribution < 1.29 is 5.11 Å². The smallest absolute Gasteiger partial charge is 0.0912 e. The summed E-state index contributed by atoms with van der Waals surface area (Å²) in [5, 5.41) is 18.2. The van der Waals surface area contributed by atoms with E-state index < -0.39 is 6.10 Å². The van der Waals surface area contributed by atoms with Crippen molar-refractivity contribution in [3.05, 3.63) is 34.9 Å². The molecule has 0 aromatic carbocycles. The molecule has 0 aliphatic rings. The third kappa shape index (κ3) is 8.47. The third-order valence-electron chi connectivity index (χ3n) is 2.60. The van der Waals surface area contributed by atoms with E-state index in [1.807, 2.05) is 6.07 Å². The van der Waals surface area contributed by atoms with Gasteiger partial charge in [-0.15, -0.1) is 0 Å². The second-order valence-electron chi connectivity index (χ2n) is 4.64. The molecule has 17 heavy (non-hydrogen) atoms. The molecule has 2 heteroatoms. The molecule has 0 radical (unpaired) electrons. The van der Waals surface area contributed by atoms with E-state index in [1.165, 1.54) is 17.2 Å². The quantitative estimate of drug-likeness (QED) is 0.558. The lowest BCUT2D eigenvalue weighted by atomic mass is 10.0. The normalized spacial score (nSPS) is 14.1. The van der Waals surface area contributed by atoms with Gasteiger partial charge in [0.1, 0.15) is 0 Å². The van der Waals surface area contributed by atoms with E-state index in [9.17, 15) is 5.11 Å². The van der Waals surface area contributed by atoms with Gasteiger partial charge in [0.25, 0.3) is 0 Å². The summed E-state index contributed by atoms with van der Waals surface area (Å²) in [6.07, 6.45) is 7.80. The number of aliphatic hydroxyl groups is 1. The number of aliphatic hydroxyl groups excluding tert-OH is 1. The molecular formula is C15H23NO. The molecule has 0 spiro atoms. The van der Waals surface area contributed by atoms with Gasteiger partial charge in [-0.05, 0) is 52.5 Å². The zero-order chi connectivity index (χ0) is 13.3. The van der Waals surface area contributed by atoms with E-state index in [-0.39, 0.29) is 0 Å². The van der Waals surface area contributed by atoms with Gasteiger partial charge in [0.15, 0.2) is 0 Å². The van der Waals surface area contributed by atoms with Crippen molar-refractivity contribution in [2.75, 3.05) is 0 Å². The first-order valence-electron chi connectivity index (χ1n) is 6.00. The lowest BCUT2D eigenvalue weighted by molar-refractivity contribution is 0.214. The standard InChI is InChI=1S/C15H23NO/c1-12(2)6-5-7-13(3)8-9-15(17)14(4)10-11-16/h6,8,10,15,17H,5,7,9H2,1-4H3/b13-8+,14-10+. The number of nitrogens with zero attached hydrogens (tertiary/aromatic N) is 1. The van der Waals surface area contributed by atoms with Crippen LogP contribution in [0.3, 0.4) is 0 Å². The Morgan fingerprint density at radius 2 is 1.88 bits per heavy atom. The number of nitriles is 1. The van der Waals surface area contributed by atoms with Crippen LogP contribution in [0, 0.1) is 11.3 Å². The van der Waals surface area contributed by atoms with Crippen molar-refractivity contribution >= 4 is 0 Å². The molecule has 0 aliphatic heterocycles. The average Bonchev–Trinajstić information content (AvgIpc) is 2.25. The largest absolute Gasteiger partial charge is 0.388 e. The molecule has 1 N–H and O–H groups in total. The van der Waals surface area contributed by atoms with E-state index in [2.05, 4.69) is 32.9 Å². The zero-order valence-corrected chi connectivity index (χ0v) is 11.3. The highest BCUT2D eigenvalue weighted by molar-refractivity contribution is 5.16. The molecule has 0 aliphatic carbocycles. The highest BCUT2D eigenvalue weighted by atomic mass is 16.3. The molecule has 1 atom stereocenters. The lowest BCUT2D eigenvalue weighted by Gasteiger charge is -2.08. The van der Waals surface area contributed by atoms with Crippen molar-refractivity contribution in [3.63, 3.8) is 0 Å². The van der Waals surface area contributed by atoms with E-state index in [1.54, 1.807) is 6.92 Å². The molecule has 2 nitrogen and oxygen atoms in total. The van der Waals surface area contributed by atoms with E-state index in [4.69, 9.17) is 5.26 Å². The van der Waals surface area contributed by atoms with Crippen LogP contribution >= 0.6 is 0 Å². The molecule has 0 bridgehead atoms. The van der Waals surface area contributed by atoms with Crippen molar-refractivity contribution in [2.45, 2.75) is 53.1 Å². The molecule has 0 aromatic rings. The SMILES string of the molecule is CC(C)=CCC/C(C)=C/CC(O)/C(C)=C/C#N. The minimum Gasteiger partial charge on any atom is -0.388 e. The highest BCUT2D eigenvalue weighted by Crippen LogP contribution is 2.11. The average molecular weight is 233 g/mol. The van der Waals surface area contributed by atoms with Crippen LogP contribution in [0.1, 0.15) is 47.0 Å². The molecule has 0 amide bonds. The zero-order valence-electron chi connectivity index (χ0n) is 11.3. The summed E-state index contributed by atoms with van der Waals surface area (Å²) in [7, 11) is 0. The Morgan fingerprint density at radius 3 is 2.41 bits per heavy atom. The topological polar surface area (TPSA) is 44.0 Å². The predicted octanol–water partition coefficient (Wildman–Crippen LogP) is 3.90. The maximum atomic E-state index is 9.74. The second kappa shape index (κ2) is 8.78. The first kappa shape index (κ1) is 15.7. The molecule has 0 saturated carbocycles. The summed E-state index contributed by atoms with van der Waals surface area (Å²) in [6, 6.07) is 1.93. The van der Waals surface area contributed by atoms with Crippen molar-refractivity contribution in [3.8, 4) is 6.07 Å². The van der Waals surface area contributed by atoms with Crippen molar-refractivity contribution in [1.82, 2.24) is 0 Å². The third-order valence-corrected chi connectivity index (χ3v) is 2.60. The number of hydrogen-bond acceptors (Lipinski definition) is 2. The molecular weight excluding hydrogens is 210 g/mol. The maximum Gasteiger partial charge on any atom is 0.0912 e. The molecule has 0 aromatic heterocycles. The van der Waals surface area contributed by atoms with Gasteiger partial charge in [-0.1, -0.05) is 23.3 Å². The fourth-order valence-electron chi connectivity index (χ4n) is 1.39. The monoisotopic (exact) mass is 233 g/mol. The number of rotatable bonds is 6. The van der Waals surface area contributed by atoms with Crippen LogP contribution in [-0.2, 0) is 0 Å². The summed E-state index contributed by atoms with van der Waals surface area (Å²) in [4.78, 5) is 0. The lowest BCUT2D eigenvalue weighted by Crippen LogP contribution is -2.06. The van der Waals surface area contributed by atoms with E-state index in [0.29, 0.717) is 6.42 Å². The summed E-state index contributed by atoms with van der Waals surface area (Å²) < 4.78 is 0. The number of allylic oxidation sites excluding steroid dienone is 4. The van der Waals surface area contributed by atoms with Gasteiger partial charge in [-0.3, -0.25) is 0 Å². The van der Waals surface area contributed by atoms with E-state index >= 15 is 0 Å². The van der Waals surface area contributed by atoms with Crippen LogP contribution < -0.4 is 0 Å². The Morgan fingerprint density at radius 1 is 1.24 bits per heavy atom. The van der Waals surface area contributed by atoms with Crippen LogP contribution in [-0.4, -0.2) is 11.2 Å². The summed E-state index contributed by atoms with van der Waals surface area (Å²) in [5.74, 6) is 0. The molecule has 0 saturated heterocycles. The summed E-state index contributed by atoms with van der Waals surface area (Å²) in [5.41, 5.74) is 3.35. The first-order chi connectivity index (χ1) is 7.97. The van der Waals surface area contributed by atoms with Gasteiger partial charge < -0.3 is 5.11 Å². The van der Waals surface area contributed by atoms with E-state index in [0.717, 1.165) is 18.4 Å². The minimum absolute atomic E-state index is 0.534. The second-order valence-corrected chi connectivity index (χ2v) is 4.64. The van der Waals surface area contributed by atoms with Crippen molar-refractivity contribution in [2.24, 2.45) is 0 Å². The molecule has 94 valence electrons. The van der Waals surface area contributed by atoms with Crippen molar-refractivity contribution in [1.29, 1.82) is 5.26 Å². The van der Waals surface area contributed by atoms with Crippen LogP contribution in [0.15, 0.2) is 34.9 Å². The van der Waals surface area contributed by atoms with Gasteiger partial charge in [0.2, 0.25) is 0 Å². The summed E-state index contributed by atoms with van der Waals surface area (Å²) >= 11 is 0. The Balaban J connectivity index is 4.11. The highest BCUT2D eigenvalue weighted by Gasteiger charge is 2.03. The van der Waals surface area contributed by atoms with Crippen LogP contribution in [0.4, 0.5) is 0 Å². The fourth-order valence-corrected chi connectivity index (χ4v) is 1.39. The molecule has 0 fully saturated rings. The molecule has 0 rings (SSSR count). The Hall–Kier alpha value is -1.33. The molecule has 1 unspecified atom stereocenters. The maximum absolute atomic E-state index is 9.74. The number of hydrogen-bond donors (Lipinski definition) is 1.